The van der Waals surface area contributed by atoms with Gasteiger partial charge in [0.1, 0.15) is 0 Å². The van der Waals surface area contributed by atoms with Crippen LogP contribution in [0.5, 0.6) is 0 Å². The van der Waals surface area contributed by atoms with E-state index in [2.05, 4.69) is 239 Å². The van der Waals surface area contributed by atoms with Gasteiger partial charge in [0.25, 0.3) is 0 Å². The van der Waals surface area contributed by atoms with Crippen LogP contribution >= 0.6 is 0 Å². The average Bonchev–Trinajstić information content (AvgIpc) is 3.85. The second-order valence-corrected chi connectivity index (χ2v) is 18.8. The van der Waals surface area contributed by atoms with E-state index in [1.807, 2.05) is 0 Å². The number of hydrogen-bond acceptors (Lipinski definition) is 1. The van der Waals surface area contributed by atoms with Crippen LogP contribution in [-0.2, 0) is 16.2 Å². The Morgan fingerprint density at radius 1 is 0.419 bits per heavy atom. The van der Waals surface area contributed by atoms with E-state index in [1.165, 1.54) is 101 Å². The van der Waals surface area contributed by atoms with Gasteiger partial charge in [-0.2, -0.15) is 0 Å². The fourth-order valence-corrected chi connectivity index (χ4v) is 12.1. The first-order valence-corrected chi connectivity index (χ1v) is 22.3. The van der Waals surface area contributed by atoms with E-state index in [9.17, 15) is 0 Å². The Bertz CT molecular complexity index is 3120. The largest absolute Gasteiger partial charge is 0.314 e. The molecule has 1 atom stereocenters. The zero-order chi connectivity index (χ0) is 41.8. The highest BCUT2D eigenvalue weighted by Gasteiger charge is 2.47. The van der Waals surface area contributed by atoms with Gasteiger partial charge in [-0.3, -0.25) is 0 Å². The van der Waals surface area contributed by atoms with Crippen LogP contribution < -0.4 is 4.90 Å². The zero-order valence-corrected chi connectivity index (χ0v) is 35.9. The molecule has 298 valence electrons. The van der Waals surface area contributed by atoms with Crippen molar-refractivity contribution >= 4 is 16.9 Å². The zero-order valence-electron chi connectivity index (χ0n) is 35.9. The summed E-state index contributed by atoms with van der Waals surface area (Å²) in [6.07, 6.45) is 5.78. The number of nitrogens with zero attached hydrogens (tertiary/aromatic N) is 1. The molecule has 0 radical (unpaired) electrons. The van der Waals surface area contributed by atoms with Crippen molar-refractivity contribution in [2.45, 2.75) is 50.4 Å². The molecule has 0 aromatic heterocycles. The molecule has 0 fully saturated rings. The molecule has 4 aliphatic carbocycles. The maximum atomic E-state index is 2.57. The van der Waals surface area contributed by atoms with Crippen LogP contribution in [0.15, 0.2) is 212 Å². The maximum Gasteiger partial charge on any atom is 0.0713 e. The topological polar surface area (TPSA) is 3.24 Å². The molecule has 12 rings (SSSR count). The Balaban J connectivity index is 1.05. The molecule has 0 heterocycles. The number of allylic oxidation sites excluding steroid dienone is 4. The summed E-state index contributed by atoms with van der Waals surface area (Å²) in [5.74, 6) is 0.374. The van der Waals surface area contributed by atoms with Crippen molar-refractivity contribution in [1.29, 1.82) is 0 Å². The molecule has 0 bridgehead atoms. The summed E-state index contributed by atoms with van der Waals surface area (Å²) >= 11 is 0. The molecule has 1 unspecified atom stereocenters. The smallest absolute Gasteiger partial charge is 0.0713 e. The number of fused-ring (bicyclic) bond motifs is 9. The van der Waals surface area contributed by atoms with E-state index in [-0.39, 0.29) is 10.8 Å². The van der Waals surface area contributed by atoms with E-state index in [4.69, 9.17) is 0 Å². The fourth-order valence-electron chi connectivity index (χ4n) is 12.1. The highest BCUT2D eigenvalue weighted by molar-refractivity contribution is 5.96. The van der Waals surface area contributed by atoms with E-state index in [0.29, 0.717) is 5.92 Å². The van der Waals surface area contributed by atoms with Crippen LogP contribution in [0, 0.1) is 5.92 Å². The second kappa shape index (κ2) is 13.5. The molecular weight excluding hydrogens is 747 g/mol. The van der Waals surface area contributed by atoms with E-state index in [0.717, 1.165) is 6.42 Å². The summed E-state index contributed by atoms with van der Waals surface area (Å²) in [5, 5.41) is 0. The third-order valence-corrected chi connectivity index (χ3v) is 15.1. The summed E-state index contributed by atoms with van der Waals surface area (Å²) in [7, 11) is 0. The minimum absolute atomic E-state index is 0.0129. The van der Waals surface area contributed by atoms with Gasteiger partial charge in [0.05, 0.1) is 5.41 Å². The quantitative estimate of drug-likeness (QED) is 0.162. The minimum Gasteiger partial charge on any atom is -0.314 e. The third kappa shape index (κ3) is 5.09. The van der Waals surface area contributed by atoms with Crippen molar-refractivity contribution < 1.29 is 0 Å². The summed E-state index contributed by atoms with van der Waals surface area (Å²) in [5.41, 5.74) is 23.2. The van der Waals surface area contributed by atoms with Crippen LogP contribution in [0.2, 0.25) is 0 Å². The Labute approximate surface area is 366 Å². The van der Waals surface area contributed by atoms with Crippen molar-refractivity contribution in [3.8, 4) is 33.4 Å². The molecule has 8 aromatic carbocycles. The highest BCUT2D eigenvalue weighted by Crippen LogP contribution is 2.59. The summed E-state index contributed by atoms with van der Waals surface area (Å²) in [6.45, 7) is 9.66. The standard InChI is InChI=1S/C61H49N/c1-59(2)52-29-14-11-25-47(52)49-35-33-44(38-56(49)59)62(45-34-36-50-48-26-12-15-30-53(48)60(3,4)57(50)39-45)43-24-17-19-40(37-43)46-28-18-32-55-58(46)51-27-13-16-31-54(51)61(55,41-20-7-5-8-21-41)42-22-9-6-10-23-42/h5-38,57H,39H2,1-4H3. The van der Waals surface area contributed by atoms with Crippen molar-refractivity contribution in [1.82, 2.24) is 0 Å². The number of anilines is 2. The predicted molar refractivity (Wildman–Crippen MR) is 259 cm³/mol. The van der Waals surface area contributed by atoms with Gasteiger partial charge in [-0.05, 0) is 132 Å². The van der Waals surface area contributed by atoms with Gasteiger partial charge in [-0.15, -0.1) is 0 Å². The Hall–Kier alpha value is -6.96. The molecule has 1 heteroatoms. The first-order valence-electron chi connectivity index (χ1n) is 22.3. The third-order valence-electron chi connectivity index (χ3n) is 15.1. The van der Waals surface area contributed by atoms with Gasteiger partial charge in [0, 0.05) is 22.5 Å². The number of benzene rings is 8. The molecule has 1 nitrogen and oxygen atoms in total. The summed E-state index contributed by atoms with van der Waals surface area (Å²) in [6, 6.07) is 72.9. The minimum atomic E-state index is -0.453. The van der Waals surface area contributed by atoms with Gasteiger partial charge in [0.15, 0.2) is 0 Å². The van der Waals surface area contributed by atoms with Crippen LogP contribution in [-0.4, -0.2) is 0 Å². The van der Waals surface area contributed by atoms with Crippen molar-refractivity contribution in [2.75, 3.05) is 4.90 Å². The maximum absolute atomic E-state index is 2.57. The fraction of sp³-hybridized carbons (Fsp3) is 0.148. The molecule has 0 saturated carbocycles. The molecule has 0 amide bonds. The normalized spacial score (nSPS) is 17.7. The SMILES string of the molecule is CC1(C)c2ccccc2-c2ccc(N(C3=CC=C4c5ccccc5C(C)(C)C4C3)c3cccc(-c4cccc5c4-c4ccccc4C5(c4ccccc4)c4ccccc4)c3)cc21. The van der Waals surface area contributed by atoms with Crippen LogP contribution in [0.1, 0.15) is 78.6 Å². The van der Waals surface area contributed by atoms with Gasteiger partial charge in [-0.1, -0.05) is 204 Å². The molecule has 0 spiro atoms. The van der Waals surface area contributed by atoms with Gasteiger partial charge in [-0.25, -0.2) is 0 Å². The molecule has 8 aromatic rings. The van der Waals surface area contributed by atoms with Crippen molar-refractivity contribution in [2.24, 2.45) is 5.92 Å². The average molecular weight is 796 g/mol. The van der Waals surface area contributed by atoms with Crippen molar-refractivity contribution in [3.63, 3.8) is 0 Å². The van der Waals surface area contributed by atoms with Crippen LogP contribution in [0.25, 0.3) is 39.0 Å². The number of rotatable bonds is 6. The Morgan fingerprint density at radius 2 is 0.984 bits per heavy atom. The Morgan fingerprint density at radius 3 is 1.73 bits per heavy atom. The molecule has 0 saturated heterocycles. The second-order valence-electron chi connectivity index (χ2n) is 18.8. The van der Waals surface area contributed by atoms with Crippen LogP contribution in [0.4, 0.5) is 11.4 Å². The van der Waals surface area contributed by atoms with Gasteiger partial charge >= 0.3 is 0 Å². The lowest BCUT2D eigenvalue weighted by Gasteiger charge is -2.36. The van der Waals surface area contributed by atoms with Crippen molar-refractivity contribution in [3.05, 3.63) is 256 Å². The van der Waals surface area contributed by atoms with E-state index in [1.54, 1.807) is 0 Å². The lowest BCUT2D eigenvalue weighted by molar-refractivity contribution is 0.406. The molecular formula is C61H49N. The highest BCUT2D eigenvalue weighted by atomic mass is 15.1. The van der Waals surface area contributed by atoms with E-state index >= 15 is 0 Å². The summed E-state index contributed by atoms with van der Waals surface area (Å²) < 4.78 is 0. The van der Waals surface area contributed by atoms with E-state index < -0.39 is 5.41 Å². The lowest BCUT2D eigenvalue weighted by Crippen LogP contribution is -2.29. The monoisotopic (exact) mass is 795 g/mol. The predicted octanol–water partition coefficient (Wildman–Crippen LogP) is 15.4. The molecule has 0 aliphatic heterocycles. The van der Waals surface area contributed by atoms with Crippen LogP contribution in [0.3, 0.4) is 0 Å². The first-order chi connectivity index (χ1) is 30.3. The molecule has 0 N–H and O–H groups in total. The first kappa shape index (κ1) is 36.9. The summed E-state index contributed by atoms with van der Waals surface area (Å²) in [4.78, 5) is 2.57. The number of hydrogen-bond donors (Lipinski definition) is 0. The Kier molecular flexibility index (Phi) is 8.04. The molecule has 4 aliphatic rings. The lowest BCUT2D eigenvalue weighted by atomic mass is 9.67. The van der Waals surface area contributed by atoms with Gasteiger partial charge < -0.3 is 4.90 Å². The van der Waals surface area contributed by atoms with Gasteiger partial charge in [0.2, 0.25) is 0 Å². The molecule has 62 heavy (non-hydrogen) atoms.